The highest BCUT2D eigenvalue weighted by atomic mass is 35.5. The topological polar surface area (TPSA) is 148 Å². The molecule has 4 aromatic rings. The summed E-state index contributed by atoms with van der Waals surface area (Å²) in [6.45, 7) is 3.37. The van der Waals surface area contributed by atoms with E-state index >= 15 is 0 Å². The number of allylic oxidation sites excluding steroid dienone is 2. The fourth-order valence-corrected chi connectivity index (χ4v) is 10.6. The van der Waals surface area contributed by atoms with Gasteiger partial charge in [0.1, 0.15) is 6.04 Å². The number of fused-ring (bicyclic) bond motifs is 5. The number of carbonyl (C=O) groups is 2. The molecule has 0 fully saturated rings. The van der Waals surface area contributed by atoms with Gasteiger partial charge in [0.05, 0.1) is 104 Å². The quantitative estimate of drug-likeness (QED) is 0.0866. The number of quaternary nitrogens is 1. The minimum absolute atomic E-state index is 0. The fourth-order valence-electron chi connectivity index (χ4n) is 10.6. The molecule has 2 unspecified atom stereocenters. The molecule has 0 radical (unpaired) electrons. The predicted molar refractivity (Wildman–Crippen MR) is 290 cm³/mol. The van der Waals surface area contributed by atoms with Gasteiger partial charge in [0.2, 0.25) is 11.5 Å². The highest BCUT2D eigenvalue weighted by Gasteiger charge is 2.41. The molecule has 3 aliphatic rings. The van der Waals surface area contributed by atoms with E-state index in [1.807, 2.05) is 30.4 Å². The molecule has 4 aromatic carbocycles. The SMILES string of the molecule is COc1cc2c(cc1OC)C(Cc1cc(OC)c(OC)c(OC)c1)N(C)CC2.COc1cc2c(cc1OC)C1Cc3cc(OC)c(OC)c(OC)c3CCCOC(=O)CC/C=C/CCC(=O)OCCC[N@@+]1(C)CC2.Cl.[Cl-]. The molecular weight excluding hydrogens is 1020 g/mol. The van der Waals surface area contributed by atoms with Crippen molar-refractivity contribution in [3.05, 3.63) is 93.6 Å². The summed E-state index contributed by atoms with van der Waals surface area (Å²) in [4.78, 5) is 27.2. The van der Waals surface area contributed by atoms with E-state index in [0.29, 0.717) is 97.7 Å². The van der Waals surface area contributed by atoms with Crippen LogP contribution in [0.4, 0.5) is 0 Å². The summed E-state index contributed by atoms with van der Waals surface area (Å²) in [6, 6.07) is 14.7. The molecule has 0 bridgehead atoms. The third-order valence-electron chi connectivity index (χ3n) is 14.6. The lowest BCUT2D eigenvalue weighted by atomic mass is 9.84. The fraction of sp³-hybridized carbons (Fsp3) is 0.517. The molecule has 0 saturated carbocycles. The number of ether oxygens (including phenoxy) is 12. The lowest BCUT2D eigenvalue weighted by molar-refractivity contribution is -0.941. The van der Waals surface area contributed by atoms with Crippen molar-refractivity contribution in [3.8, 4) is 57.5 Å². The van der Waals surface area contributed by atoms with Gasteiger partial charge in [-0.05, 0) is 116 Å². The Morgan fingerprint density at radius 2 is 1.00 bits per heavy atom. The van der Waals surface area contributed by atoms with Gasteiger partial charge in [0.25, 0.3) is 0 Å². The molecule has 76 heavy (non-hydrogen) atoms. The zero-order valence-electron chi connectivity index (χ0n) is 46.6. The maximum atomic E-state index is 12.4. The Balaban J connectivity index is 0.000000357. The number of rotatable bonds is 12. The molecular formula is C58H80Cl2N2O14. The first-order valence-electron chi connectivity index (χ1n) is 25.4. The Bertz CT molecular complexity index is 2550. The number of hydrogen-bond donors (Lipinski definition) is 0. The van der Waals surface area contributed by atoms with Crippen molar-refractivity contribution in [2.75, 3.05) is 118 Å². The second kappa shape index (κ2) is 30.1. The van der Waals surface area contributed by atoms with Crippen LogP contribution in [0.15, 0.2) is 54.6 Å². The van der Waals surface area contributed by atoms with Crippen molar-refractivity contribution in [2.45, 2.75) is 82.7 Å². The van der Waals surface area contributed by atoms with Crippen molar-refractivity contribution < 1.29 is 83.3 Å². The summed E-state index contributed by atoms with van der Waals surface area (Å²) in [5, 5.41) is 0. The normalized spacial score (nSPS) is 19.5. The van der Waals surface area contributed by atoms with E-state index in [4.69, 9.17) is 56.8 Å². The Labute approximate surface area is 462 Å². The van der Waals surface area contributed by atoms with E-state index in [1.165, 1.54) is 22.3 Å². The van der Waals surface area contributed by atoms with E-state index in [2.05, 4.69) is 43.3 Å². The second-order valence-corrected chi connectivity index (χ2v) is 18.9. The van der Waals surface area contributed by atoms with Gasteiger partial charge in [-0.1, -0.05) is 12.2 Å². The van der Waals surface area contributed by atoms with Crippen molar-refractivity contribution in [2.24, 2.45) is 0 Å². The number of benzene rings is 4. The molecule has 3 aliphatic heterocycles. The number of esters is 2. The smallest absolute Gasteiger partial charge is 0.306 e. The first-order valence-corrected chi connectivity index (χ1v) is 25.4. The van der Waals surface area contributed by atoms with Gasteiger partial charge in [0, 0.05) is 55.8 Å². The first kappa shape index (κ1) is 62.6. The van der Waals surface area contributed by atoms with Crippen molar-refractivity contribution >= 4 is 24.3 Å². The van der Waals surface area contributed by atoms with Crippen LogP contribution in [0.5, 0.6) is 57.5 Å². The van der Waals surface area contributed by atoms with Crippen molar-refractivity contribution in [3.63, 3.8) is 0 Å². The molecule has 0 spiro atoms. The molecule has 18 heteroatoms. The number of carbonyl (C=O) groups excluding carboxylic acids is 2. The maximum Gasteiger partial charge on any atom is 0.306 e. The number of hydrogen-bond acceptors (Lipinski definition) is 15. The summed E-state index contributed by atoms with van der Waals surface area (Å²) >= 11 is 0. The van der Waals surface area contributed by atoms with E-state index in [0.717, 1.165) is 78.0 Å². The predicted octanol–water partition coefficient (Wildman–Crippen LogP) is 6.48. The average molecular weight is 1100 g/mol. The van der Waals surface area contributed by atoms with Crippen LogP contribution < -0.4 is 59.8 Å². The Morgan fingerprint density at radius 3 is 1.53 bits per heavy atom. The van der Waals surface area contributed by atoms with Gasteiger partial charge >= 0.3 is 11.9 Å². The van der Waals surface area contributed by atoms with Crippen molar-refractivity contribution in [1.29, 1.82) is 0 Å². The maximum absolute atomic E-state index is 12.4. The van der Waals surface area contributed by atoms with Crippen LogP contribution >= 0.6 is 12.4 Å². The Kier molecular flexibility index (Phi) is 24.8. The number of methoxy groups -OCH3 is 10. The first-order chi connectivity index (χ1) is 35.8. The van der Waals surface area contributed by atoms with Crippen LogP contribution in [0.3, 0.4) is 0 Å². The number of likely N-dealkylation sites (N-methyl/N-ethyl adjacent to an activating group) is 2. The summed E-state index contributed by atoms with van der Waals surface area (Å²) in [7, 11) is 20.9. The highest BCUT2D eigenvalue weighted by molar-refractivity contribution is 5.85. The molecule has 3 atom stereocenters. The van der Waals surface area contributed by atoms with Gasteiger partial charge < -0.3 is 73.7 Å². The van der Waals surface area contributed by atoms with Gasteiger partial charge in [0.15, 0.2) is 46.0 Å². The van der Waals surface area contributed by atoms with E-state index in [-0.39, 0.29) is 55.3 Å². The summed E-state index contributed by atoms with van der Waals surface area (Å²) in [5.74, 6) is 6.17. The molecule has 3 heterocycles. The van der Waals surface area contributed by atoms with Crippen LogP contribution in [0.2, 0.25) is 0 Å². The molecule has 0 aromatic heterocycles. The number of nitrogens with zero attached hydrogens (tertiary/aromatic N) is 2. The van der Waals surface area contributed by atoms with Crippen molar-refractivity contribution in [1.82, 2.24) is 4.90 Å². The molecule has 0 N–H and O–H groups in total. The molecule has 16 nitrogen and oxygen atoms in total. The van der Waals surface area contributed by atoms with Crippen LogP contribution in [0.25, 0.3) is 0 Å². The van der Waals surface area contributed by atoms with Crippen LogP contribution in [0, 0.1) is 0 Å². The Morgan fingerprint density at radius 1 is 0.526 bits per heavy atom. The van der Waals surface area contributed by atoms with E-state index in [1.54, 1.807) is 71.1 Å². The van der Waals surface area contributed by atoms with Gasteiger partial charge in [-0.15, -0.1) is 12.4 Å². The largest absolute Gasteiger partial charge is 1.00 e. The van der Waals surface area contributed by atoms with Gasteiger partial charge in [-0.25, -0.2) is 0 Å². The minimum atomic E-state index is -0.245. The summed E-state index contributed by atoms with van der Waals surface area (Å²) in [5.41, 5.74) is 8.17. The second-order valence-electron chi connectivity index (χ2n) is 18.9. The van der Waals surface area contributed by atoms with Gasteiger partial charge in [-0.3, -0.25) is 14.5 Å². The minimum Gasteiger partial charge on any atom is -1.00 e. The van der Waals surface area contributed by atoms with Gasteiger partial charge in [-0.2, -0.15) is 0 Å². The van der Waals surface area contributed by atoms with Crippen LogP contribution in [-0.2, 0) is 51.2 Å². The third-order valence-corrected chi connectivity index (χ3v) is 14.6. The van der Waals surface area contributed by atoms with Crippen LogP contribution in [-0.4, -0.2) is 139 Å². The summed E-state index contributed by atoms with van der Waals surface area (Å²) in [6.07, 6.45) is 10.9. The zero-order chi connectivity index (χ0) is 53.4. The Hall–Kier alpha value is -5.94. The highest BCUT2D eigenvalue weighted by Crippen LogP contribution is 2.48. The molecule has 0 amide bonds. The third kappa shape index (κ3) is 15.0. The molecule has 420 valence electrons. The molecule has 0 aliphatic carbocycles. The van der Waals surface area contributed by atoms with E-state index in [9.17, 15) is 9.59 Å². The van der Waals surface area contributed by atoms with E-state index < -0.39 is 0 Å². The lowest BCUT2D eigenvalue weighted by Crippen LogP contribution is -3.00. The molecule has 0 saturated heterocycles. The molecule has 7 rings (SSSR count). The van der Waals surface area contributed by atoms with Crippen LogP contribution in [0.1, 0.15) is 89.6 Å². The number of cyclic esters (lactones) is 2. The number of halogens is 2. The lowest BCUT2D eigenvalue weighted by Gasteiger charge is -2.46. The average Bonchev–Trinajstić information content (AvgIpc) is 3.42. The summed E-state index contributed by atoms with van der Waals surface area (Å²) < 4.78 is 68.4. The monoisotopic (exact) mass is 1100 g/mol. The zero-order valence-corrected chi connectivity index (χ0v) is 48.1. The standard InChI is InChI=1S/C36H50NO9.C22H29NO5.2ClH/c1-37-17-12-20-46-34(39)15-10-8-7-9-14-33(38)45-19-11-13-27-26(23-32(42-4)36(44-6)35(27)43-5)21-29(37)28-24-31(41-3)30(40-2)22-25(28)16-18-37;1-23-8-7-15-12-18(24-2)19(25-3)13-16(15)17(23)9-14-10-20(26-4)22(28-6)21(11-14)27-5;;/h7-8,22-24,29H,9-21H2,1-6H3;10-13,17H,7-9H2,1-6H3;2*1H/q+1;;;/p-1/b8-7+;;;/t29?,37-;;;/m0.../s1.